The van der Waals surface area contributed by atoms with Crippen molar-refractivity contribution in [1.29, 1.82) is 0 Å². The summed E-state index contributed by atoms with van der Waals surface area (Å²) in [6.45, 7) is 0.0413. The van der Waals surface area contributed by atoms with Gasteiger partial charge in [-0.3, -0.25) is 4.90 Å². The summed E-state index contributed by atoms with van der Waals surface area (Å²) in [4.78, 5) is 24.8. The van der Waals surface area contributed by atoms with Crippen molar-refractivity contribution in [3.8, 4) is 0 Å². The van der Waals surface area contributed by atoms with Crippen molar-refractivity contribution in [3.63, 3.8) is 0 Å². The number of nitrogens with zero attached hydrogens (tertiary/aromatic N) is 1. The van der Waals surface area contributed by atoms with Crippen LogP contribution in [0.1, 0.15) is 17.2 Å². The van der Waals surface area contributed by atoms with Crippen LogP contribution >= 0.6 is 23.2 Å². The smallest absolute Gasteiger partial charge is 0.410 e. The fraction of sp³-hybridized carbons (Fsp3) is 0.176. The van der Waals surface area contributed by atoms with Crippen LogP contribution in [0.5, 0.6) is 0 Å². The number of likely N-dealkylation sites (N-methyl/N-ethyl adjacent to an activating group) is 1. The molecule has 0 saturated carbocycles. The fourth-order valence-corrected chi connectivity index (χ4v) is 2.58. The highest BCUT2D eigenvalue weighted by molar-refractivity contribution is 6.42. The molecule has 0 aliphatic rings. The molecule has 5 nitrogen and oxygen atoms in total. The predicted molar refractivity (Wildman–Crippen MR) is 91.2 cm³/mol. The normalized spacial score (nSPS) is 11.6. The number of carbonyl (C=O) groups excluding carboxylic acids is 1. The van der Waals surface area contributed by atoms with E-state index < -0.39 is 18.1 Å². The lowest BCUT2D eigenvalue weighted by Crippen LogP contribution is -2.36. The number of ether oxygens (including phenoxy) is 1. The SMILES string of the molecule is CN(C(=O)OCc1ccccc1)C(C(=O)O)c1cccc(Cl)c1Cl. The van der Waals surface area contributed by atoms with Crippen molar-refractivity contribution >= 4 is 35.3 Å². The van der Waals surface area contributed by atoms with Gasteiger partial charge in [0.2, 0.25) is 0 Å². The molecule has 1 N–H and O–H groups in total. The first-order valence-corrected chi connectivity index (χ1v) is 7.77. The van der Waals surface area contributed by atoms with Gasteiger partial charge in [0.15, 0.2) is 6.04 Å². The zero-order chi connectivity index (χ0) is 17.7. The summed E-state index contributed by atoms with van der Waals surface area (Å²) < 4.78 is 5.16. The third kappa shape index (κ3) is 4.19. The summed E-state index contributed by atoms with van der Waals surface area (Å²) in [5.41, 5.74) is 1.02. The molecule has 1 unspecified atom stereocenters. The molecular formula is C17H15Cl2NO4. The minimum Gasteiger partial charge on any atom is -0.479 e. The first kappa shape index (κ1) is 18.1. The van der Waals surface area contributed by atoms with E-state index in [-0.39, 0.29) is 22.2 Å². The Morgan fingerprint density at radius 1 is 1.12 bits per heavy atom. The molecule has 1 amide bonds. The molecule has 2 rings (SSSR count). The summed E-state index contributed by atoms with van der Waals surface area (Å²) in [6.07, 6.45) is -0.776. The van der Waals surface area contributed by atoms with E-state index in [0.29, 0.717) is 0 Å². The lowest BCUT2D eigenvalue weighted by molar-refractivity contribution is -0.142. The van der Waals surface area contributed by atoms with Crippen LogP contribution in [0.15, 0.2) is 48.5 Å². The molecule has 1 atom stereocenters. The van der Waals surface area contributed by atoms with Crippen molar-refractivity contribution in [1.82, 2.24) is 4.90 Å². The summed E-state index contributed by atoms with van der Waals surface area (Å²) in [7, 11) is 1.34. The van der Waals surface area contributed by atoms with E-state index in [9.17, 15) is 14.7 Å². The van der Waals surface area contributed by atoms with E-state index in [1.54, 1.807) is 24.3 Å². The third-order valence-electron chi connectivity index (χ3n) is 3.39. The Hall–Kier alpha value is -2.24. The van der Waals surface area contributed by atoms with Gasteiger partial charge in [0.1, 0.15) is 6.61 Å². The number of carboxylic acid groups (broad SMARTS) is 1. The van der Waals surface area contributed by atoms with E-state index in [0.717, 1.165) is 10.5 Å². The maximum absolute atomic E-state index is 12.2. The number of halogens is 2. The number of carboxylic acids is 1. The Labute approximate surface area is 149 Å². The number of amides is 1. The monoisotopic (exact) mass is 367 g/mol. The zero-order valence-corrected chi connectivity index (χ0v) is 14.3. The first-order chi connectivity index (χ1) is 11.4. The Morgan fingerprint density at radius 3 is 2.42 bits per heavy atom. The number of aliphatic carboxylic acids is 1. The molecule has 126 valence electrons. The van der Waals surface area contributed by atoms with E-state index >= 15 is 0 Å². The van der Waals surface area contributed by atoms with Crippen LogP contribution in [-0.2, 0) is 16.1 Å². The van der Waals surface area contributed by atoms with Crippen LogP contribution in [0.2, 0.25) is 10.0 Å². The number of carbonyl (C=O) groups is 2. The summed E-state index contributed by atoms with van der Waals surface area (Å²) >= 11 is 12.0. The second-order valence-electron chi connectivity index (χ2n) is 5.03. The van der Waals surface area contributed by atoms with E-state index in [2.05, 4.69) is 0 Å². The molecule has 24 heavy (non-hydrogen) atoms. The second-order valence-corrected chi connectivity index (χ2v) is 5.82. The highest BCUT2D eigenvalue weighted by atomic mass is 35.5. The number of benzene rings is 2. The lowest BCUT2D eigenvalue weighted by Gasteiger charge is -2.25. The summed E-state index contributed by atoms with van der Waals surface area (Å²) in [5, 5.41) is 9.80. The van der Waals surface area contributed by atoms with Gasteiger partial charge in [0, 0.05) is 12.6 Å². The minimum absolute atomic E-state index is 0.0413. The average molecular weight is 368 g/mol. The summed E-state index contributed by atoms with van der Waals surface area (Å²) in [6, 6.07) is 12.4. The van der Waals surface area contributed by atoms with Crippen LogP contribution in [0.3, 0.4) is 0 Å². The molecular weight excluding hydrogens is 353 g/mol. The zero-order valence-electron chi connectivity index (χ0n) is 12.8. The van der Waals surface area contributed by atoms with Gasteiger partial charge in [-0.1, -0.05) is 65.7 Å². The van der Waals surface area contributed by atoms with Crippen molar-refractivity contribution in [2.45, 2.75) is 12.6 Å². The molecule has 0 aromatic heterocycles. The van der Waals surface area contributed by atoms with Gasteiger partial charge in [-0.05, 0) is 11.6 Å². The van der Waals surface area contributed by atoms with E-state index in [1.807, 2.05) is 18.2 Å². The summed E-state index contributed by atoms with van der Waals surface area (Å²) in [5.74, 6) is -1.24. The molecule has 0 fully saturated rings. The number of hydrogen-bond donors (Lipinski definition) is 1. The molecule has 2 aromatic rings. The largest absolute Gasteiger partial charge is 0.479 e. The molecule has 0 heterocycles. The van der Waals surface area contributed by atoms with E-state index in [1.165, 1.54) is 13.1 Å². The maximum Gasteiger partial charge on any atom is 0.410 e. The van der Waals surface area contributed by atoms with Gasteiger partial charge in [-0.15, -0.1) is 0 Å². The molecule has 7 heteroatoms. The highest BCUT2D eigenvalue weighted by Gasteiger charge is 2.31. The van der Waals surface area contributed by atoms with Crippen LogP contribution in [0.25, 0.3) is 0 Å². The van der Waals surface area contributed by atoms with Gasteiger partial charge in [-0.25, -0.2) is 9.59 Å². The molecule has 0 saturated heterocycles. The molecule has 0 radical (unpaired) electrons. The topological polar surface area (TPSA) is 66.8 Å². The molecule has 0 aliphatic heterocycles. The fourth-order valence-electron chi connectivity index (χ4n) is 2.17. The Bertz CT molecular complexity index is 737. The van der Waals surface area contributed by atoms with Gasteiger partial charge in [0.25, 0.3) is 0 Å². The van der Waals surface area contributed by atoms with Gasteiger partial charge in [0.05, 0.1) is 10.0 Å². The highest BCUT2D eigenvalue weighted by Crippen LogP contribution is 2.32. The maximum atomic E-state index is 12.2. The first-order valence-electron chi connectivity index (χ1n) is 7.02. The van der Waals surface area contributed by atoms with Crippen LogP contribution < -0.4 is 0 Å². The molecule has 0 aliphatic carbocycles. The van der Waals surface area contributed by atoms with Gasteiger partial charge >= 0.3 is 12.1 Å². The second kappa shape index (κ2) is 8.04. The Balaban J connectivity index is 2.17. The third-order valence-corrected chi connectivity index (χ3v) is 4.22. The predicted octanol–water partition coefficient (Wildman–Crippen LogP) is 4.39. The molecule has 0 spiro atoms. The van der Waals surface area contributed by atoms with Crippen LogP contribution in [0, 0.1) is 0 Å². The number of rotatable bonds is 5. The van der Waals surface area contributed by atoms with Crippen LogP contribution in [-0.4, -0.2) is 29.1 Å². The molecule has 0 bridgehead atoms. The quantitative estimate of drug-likeness (QED) is 0.850. The molecule has 2 aromatic carbocycles. The Morgan fingerprint density at radius 2 is 1.79 bits per heavy atom. The lowest BCUT2D eigenvalue weighted by atomic mass is 10.1. The van der Waals surface area contributed by atoms with E-state index in [4.69, 9.17) is 27.9 Å². The van der Waals surface area contributed by atoms with Crippen molar-refractivity contribution < 1.29 is 19.4 Å². The minimum atomic E-state index is -1.31. The van der Waals surface area contributed by atoms with Crippen LogP contribution in [0.4, 0.5) is 4.79 Å². The van der Waals surface area contributed by atoms with Crippen molar-refractivity contribution in [3.05, 3.63) is 69.7 Å². The van der Waals surface area contributed by atoms with Crippen molar-refractivity contribution in [2.75, 3.05) is 7.05 Å². The standard InChI is InChI=1S/C17H15Cl2NO4/c1-20(17(23)24-10-11-6-3-2-4-7-11)15(16(21)22)12-8-5-9-13(18)14(12)19/h2-9,15H,10H2,1H3,(H,21,22). The average Bonchev–Trinajstić information content (AvgIpc) is 2.57. The van der Waals surface area contributed by atoms with Crippen molar-refractivity contribution in [2.24, 2.45) is 0 Å². The Kier molecular flexibility index (Phi) is 6.06. The number of hydrogen-bond acceptors (Lipinski definition) is 3. The van der Waals surface area contributed by atoms with Gasteiger partial charge < -0.3 is 9.84 Å². The van der Waals surface area contributed by atoms with Gasteiger partial charge in [-0.2, -0.15) is 0 Å².